The van der Waals surface area contributed by atoms with E-state index in [4.69, 9.17) is 0 Å². The second-order valence-corrected chi connectivity index (χ2v) is 5.75. The molecule has 1 aromatic rings. The summed E-state index contributed by atoms with van der Waals surface area (Å²) < 4.78 is 14.7. The highest BCUT2D eigenvalue weighted by Crippen LogP contribution is 2.27. The van der Waals surface area contributed by atoms with Crippen molar-refractivity contribution in [1.82, 2.24) is 5.32 Å². The van der Waals surface area contributed by atoms with Crippen molar-refractivity contribution in [2.24, 2.45) is 0 Å². The molecule has 4 nitrogen and oxygen atoms in total. The summed E-state index contributed by atoms with van der Waals surface area (Å²) in [5.41, 5.74) is 0.140. The number of hydrogen-bond donors (Lipinski definition) is 1. The number of rotatable bonds is 3. The Morgan fingerprint density at radius 1 is 1.40 bits per heavy atom. The first-order valence-electron chi connectivity index (χ1n) is 6.54. The maximum absolute atomic E-state index is 14.1. The van der Waals surface area contributed by atoms with Gasteiger partial charge < -0.3 is 5.32 Å². The molecule has 20 heavy (non-hydrogen) atoms. The standard InChI is InChI=1S/C14H16BrFN2O2/c1-3-4-11-14(20)18(8(2)13(19)17-11)12-6-5-9(15)7-10(12)16/h5-8,11H,3-4H2,1-2H3,(H,17,19). The molecule has 1 N–H and O–H groups in total. The SMILES string of the molecule is CCCC1NC(=O)C(C)N(c2ccc(Br)cc2F)C1=O. The maximum Gasteiger partial charge on any atom is 0.250 e. The number of halogens is 2. The lowest BCUT2D eigenvalue weighted by Crippen LogP contribution is -2.62. The van der Waals surface area contributed by atoms with Crippen LogP contribution >= 0.6 is 15.9 Å². The number of nitrogens with one attached hydrogen (secondary N) is 1. The van der Waals surface area contributed by atoms with Crippen molar-refractivity contribution in [3.8, 4) is 0 Å². The minimum Gasteiger partial charge on any atom is -0.342 e. The molecular weight excluding hydrogens is 327 g/mol. The molecule has 0 bridgehead atoms. The molecule has 1 saturated heterocycles. The molecule has 0 aliphatic carbocycles. The predicted molar refractivity (Wildman–Crippen MR) is 77.9 cm³/mol. The molecule has 0 spiro atoms. The Labute approximate surface area is 125 Å². The Morgan fingerprint density at radius 2 is 2.10 bits per heavy atom. The lowest BCUT2D eigenvalue weighted by molar-refractivity contribution is -0.133. The van der Waals surface area contributed by atoms with Crippen LogP contribution in [0.5, 0.6) is 0 Å². The third-order valence-electron chi connectivity index (χ3n) is 3.37. The van der Waals surface area contributed by atoms with Crippen LogP contribution in [-0.2, 0) is 9.59 Å². The van der Waals surface area contributed by atoms with Gasteiger partial charge in [-0.05, 0) is 31.5 Å². The van der Waals surface area contributed by atoms with Gasteiger partial charge in [0.05, 0.1) is 5.69 Å². The highest BCUT2D eigenvalue weighted by molar-refractivity contribution is 9.10. The smallest absolute Gasteiger partial charge is 0.250 e. The van der Waals surface area contributed by atoms with Gasteiger partial charge in [-0.15, -0.1) is 0 Å². The van der Waals surface area contributed by atoms with Gasteiger partial charge in [-0.25, -0.2) is 4.39 Å². The molecule has 2 rings (SSSR count). The second kappa shape index (κ2) is 5.91. The number of anilines is 1. The lowest BCUT2D eigenvalue weighted by Gasteiger charge is -2.37. The van der Waals surface area contributed by atoms with Crippen LogP contribution < -0.4 is 10.2 Å². The topological polar surface area (TPSA) is 49.4 Å². The summed E-state index contributed by atoms with van der Waals surface area (Å²) in [4.78, 5) is 25.6. The van der Waals surface area contributed by atoms with Gasteiger partial charge >= 0.3 is 0 Å². The first kappa shape index (κ1) is 15.0. The fraction of sp³-hybridized carbons (Fsp3) is 0.429. The van der Waals surface area contributed by atoms with Crippen LogP contribution in [0.3, 0.4) is 0 Å². The quantitative estimate of drug-likeness (QED) is 0.917. The summed E-state index contributed by atoms with van der Waals surface area (Å²) in [6.07, 6.45) is 1.31. The van der Waals surface area contributed by atoms with Crippen molar-refractivity contribution in [3.63, 3.8) is 0 Å². The van der Waals surface area contributed by atoms with Crippen LogP contribution in [0.15, 0.2) is 22.7 Å². The van der Waals surface area contributed by atoms with Crippen LogP contribution in [0.2, 0.25) is 0 Å². The molecule has 0 radical (unpaired) electrons. The number of piperazine rings is 1. The number of carbonyl (C=O) groups is 2. The van der Waals surface area contributed by atoms with Gasteiger partial charge in [-0.1, -0.05) is 29.3 Å². The van der Waals surface area contributed by atoms with Crippen LogP contribution in [0.4, 0.5) is 10.1 Å². The molecule has 2 atom stereocenters. The van der Waals surface area contributed by atoms with Gasteiger partial charge in [-0.3, -0.25) is 14.5 Å². The van der Waals surface area contributed by atoms with E-state index < -0.39 is 17.9 Å². The van der Waals surface area contributed by atoms with Crippen LogP contribution in [0.1, 0.15) is 26.7 Å². The van der Waals surface area contributed by atoms with Gasteiger partial charge in [0.2, 0.25) is 11.8 Å². The zero-order valence-corrected chi connectivity index (χ0v) is 12.9. The largest absolute Gasteiger partial charge is 0.342 e. The van der Waals surface area contributed by atoms with Gasteiger partial charge in [0, 0.05) is 4.47 Å². The van der Waals surface area contributed by atoms with Gasteiger partial charge in [0.15, 0.2) is 0 Å². The summed E-state index contributed by atoms with van der Waals surface area (Å²) in [5.74, 6) is -1.05. The molecule has 2 unspecified atom stereocenters. The summed E-state index contributed by atoms with van der Waals surface area (Å²) in [6, 6.07) is 3.16. The van der Waals surface area contributed by atoms with E-state index in [2.05, 4.69) is 21.2 Å². The van der Waals surface area contributed by atoms with E-state index in [-0.39, 0.29) is 17.5 Å². The molecular formula is C14H16BrFN2O2. The fourth-order valence-corrected chi connectivity index (χ4v) is 2.65. The maximum atomic E-state index is 14.1. The molecule has 0 aromatic heterocycles. The number of nitrogens with zero attached hydrogens (tertiary/aromatic N) is 1. The minimum atomic E-state index is -0.716. The van der Waals surface area contributed by atoms with Gasteiger partial charge in [0.1, 0.15) is 17.9 Å². The van der Waals surface area contributed by atoms with Crippen LogP contribution in [0, 0.1) is 5.82 Å². The van der Waals surface area contributed by atoms with Crippen LogP contribution in [0.25, 0.3) is 0 Å². The monoisotopic (exact) mass is 342 g/mol. The summed E-state index contributed by atoms with van der Waals surface area (Å²) in [5, 5.41) is 2.69. The van der Waals surface area contributed by atoms with E-state index >= 15 is 0 Å². The van der Waals surface area contributed by atoms with Crippen molar-refractivity contribution in [1.29, 1.82) is 0 Å². The van der Waals surface area contributed by atoms with E-state index in [9.17, 15) is 14.0 Å². The second-order valence-electron chi connectivity index (χ2n) is 4.83. The zero-order valence-electron chi connectivity index (χ0n) is 11.3. The Bertz CT molecular complexity index is 550. The number of amides is 2. The Balaban J connectivity index is 2.40. The van der Waals surface area contributed by atoms with Crippen molar-refractivity contribution in [2.45, 2.75) is 38.8 Å². The Morgan fingerprint density at radius 3 is 2.70 bits per heavy atom. The minimum absolute atomic E-state index is 0.140. The van der Waals surface area contributed by atoms with Crippen LogP contribution in [-0.4, -0.2) is 23.9 Å². The zero-order chi connectivity index (χ0) is 14.9. The van der Waals surface area contributed by atoms with E-state index in [0.29, 0.717) is 10.9 Å². The number of carbonyl (C=O) groups excluding carboxylic acids is 2. The van der Waals surface area contributed by atoms with E-state index in [0.717, 1.165) is 6.42 Å². The first-order valence-corrected chi connectivity index (χ1v) is 7.33. The average Bonchev–Trinajstić information content (AvgIpc) is 2.39. The van der Waals surface area contributed by atoms with E-state index in [1.165, 1.54) is 17.0 Å². The molecule has 2 amide bonds. The van der Waals surface area contributed by atoms with Crippen molar-refractivity contribution >= 4 is 33.4 Å². The first-order chi connectivity index (χ1) is 9.45. The van der Waals surface area contributed by atoms with Gasteiger partial charge in [-0.2, -0.15) is 0 Å². The lowest BCUT2D eigenvalue weighted by atomic mass is 10.0. The summed E-state index contributed by atoms with van der Waals surface area (Å²) in [6.45, 7) is 3.53. The molecule has 1 aliphatic rings. The van der Waals surface area contributed by atoms with Crippen molar-refractivity contribution in [2.75, 3.05) is 4.90 Å². The highest BCUT2D eigenvalue weighted by atomic mass is 79.9. The molecule has 0 saturated carbocycles. The average molecular weight is 343 g/mol. The molecule has 1 aliphatic heterocycles. The van der Waals surface area contributed by atoms with Crippen molar-refractivity contribution < 1.29 is 14.0 Å². The summed E-state index contributed by atoms with van der Waals surface area (Å²) >= 11 is 3.18. The van der Waals surface area contributed by atoms with E-state index in [1.54, 1.807) is 13.0 Å². The Kier molecular flexibility index (Phi) is 4.42. The molecule has 1 heterocycles. The molecule has 1 fully saturated rings. The third-order valence-corrected chi connectivity index (χ3v) is 3.86. The normalized spacial score (nSPS) is 22.9. The third kappa shape index (κ3) is 2.70. The molecule has 1 aromatic carbocycles. The van der Waals surface area contributed by atoms with E-state index in [1.807, 2.05) is 6.92 Å². The van der Waals surface area contributed by atoms with Crippen molar-refractivity contribution in [3.05, 3.63) is 28.5 Å². The summed E-state index contributed by atoms with van der Waals surface area (Å²) in [7, 11) is 0. The highest BCUT2D eigenvalue weighted by Gasteiger charge is 2.39. The number of benzene rings is 1. The number of hydrogen-bond acceptors (Lipinski definition) is 2. The predicted octanol–water partition coefficient (Wildman–Crippen LogP) is 2.61. The molecule has 6 heteroatoms. The van der Waals surface area contributed by atoms with Gasteiger partial charge in [0.25, 0.3) is 0 Å². The fourth-order valence-electron chi connectivity index (χ4n) is 2.32. The molecule has 108 valence electrons. The Hall–Kier alpha value is -1.43.